The maximum Gasteiger partial charge on any atom is 0.120 e. The first-order valence-electron chi connectivity index (χ1n) is 4.70. The third-order valence-corrected chi connectivity index (χ3v) is 2.17. The monoisotopic (exact) mass is 178 g/mol. The van der Waals surface area contributed by atoms with Crippen molar-refractivity contribution in [2.45, 2.75) is 32.0 Å². The number of rotatable bonds is 3. The minimum Gasteiger partial charge on any atom is -0.490 e. The molecule has 1 saturated carbocycles. The Bertz CT molecular complexity index is 290. The van der Waals surface area contributed by atoms with E-state index in [1.54, 1.807) is 6.92 Å². The second-order valence-electron chi connectivity index (χ2n) is 3.57. The zero-order chi connectivity index (χ0) is 9.26. The van der Waals surface area contributed by atoms with Crippen LogP contribution in [0.2, 0.25) is 0 Å². The summed E-state index contributed by atoms with van der Waals surface area (Å²) in [6.07, 6.45) is 2.34. The van der Waals surface area contributed by atoms with E-state index in [0.717, 1.165) is 11.3 Å². The number of hydrogen-bond acceptors (Lipinski definition) is 2. The molecule has 2 nitrogen and oxygen atoms in total. The number of aliphatic hydroxyl groups is 1. The van der Waals surface area contributed by atoms with Crippen molar-refractivity contribution in [2.24, 2.45) is 0 Å². The van der Waals surface area contributed by atoms with Crippen molar-refractivity contribution in [2.75, 3.05) is 0 Å². The van der Waals surface area contributed by atoms with E-state index in [0.29, 0.717) is 6.10 Å². The van der Waals surface area contributed by atoms with E-state index in [9.17, 15) is 5.11 Å². The Morgan fingerprint density at radius 3 is 2.85 bits per heavy atom. The van der Waals surface area contributed by atoms with Gasteiger partial charge in [-0.15, -0.1) is 0 Å². The zero-order valence-electron chi connectivity index (χ0n) is 7.73. The van der Waals surface area contributed by atoms with Gasteiger partial charge in [0.25, 0.3) is 0 Å². The summed E-state index contributed by atoms with van der Waals surface area (Å²) in [6, 6.07) is 7.66. The molecule has 1 aromatic rings. The first-order chi connectivity index (χ1) is 6.25. The summed E-state index contributed by atoms with van der Waals surface area (Å²) < 4.78 is 5.60. The van der Waals surface area contributed by atoms with Gasteiger partial charge in [-0.1, -0.05) is 12.1 Å². The fourth-order valence-electron chi connectivity index (χ4n) is 1.23. The quantitative estimate of drug-likeness (QED) is 0.769. The number of ether oxygens (including phenoxy) is 1. The number of benzene rings is 1. The molecule has 0 aromatic heterocycles. The maximum atomic E-state index is 9.34. The lowest BCUT2D eigenvalue weighted by atomic mass is 10.1. The summed E-state index contributed by atoms with van der Waals surface area (Å²) in [5, 5.41) is 9.34. The summed E-state index contributed by atoms with van der Waals surface area (Å²) in [4.78, 5) is 0. The highest BCUT2D eigenvalue weighted by molar-refractivity contribution is 5.30. The van der Waals surface area contributed by atoms with E-state index in [1.807, 2.05) is 24.3 Å². The molecule has 70 valence electrons. The normalized spacial score (nSPS) is 18.3. The Balaban J connectivity index is 2.11. The van der Waals surface area contributed by atoms with Gasteiger partial charge in [-0.25, -0.2) is 0 Å². The van der Waals surface area contributed by atoms with Crippen LogP contribution in [0.4, 0.5) is 0 Å². The van der Waals surface area contributed by atoms with Crippen LogP contribution in [0, 0.1) is 0 Å². The van der Waals surface area contributed by atoms with Crippen LogP contribution in [0.15, 0.2) is 24.3 Å². The molecule has 1 N–H and O–H groups in total. The molecule has 0 spiro atoms. The predicted molar refractivity (Wildman–Crippen MR) is 50.7 cm³/mol. The van der Waals surface area contributed by atoms with Gasteiger partial charge >= 0.3 is 0 Å². The van der Waals surface area contributed by atoms with Gasteiger partial charge in [-0.3, -0.25) is 0 Å². The van der Waals surface area contributed by atoms with E-state index in [-0.39, 0.29) is 0 Å². The van der Waals surface area contributed by atoms with Crippen molar-refractivity contribution >= 4 is 0 Å². The third-order valence-electron chi connectivity index (χ3n) is 2.17. The van der Waals surface area contributed by atoms with Crippen LogP contribution in [0.25, 0.3) is 0 Å². The van der Waals surface area contributed by atoms with E-state index in [4.69, 9.17) is 4.74 Å². The van der Waals surface area contributed by atoms with Crippen LogP contribution in [-0.2, 0) is 0 Å². The molecule has 0 radical (unpaired) electrons. The Labute approximate surface area is 78.2 Å². The van der Waals surface area contributed by atoms with Gasteiger partial charge in [-0.05, 0) is 37.5 Å². The third kappa shape index (κ3) is 2.22. The first kappa shape index (κ1) is 8.57. The Hall–Kier alpha value is -1.02. The predicted octanol–water partition coefficient (Wildman–Crippen LogP) is 2.28. The molecule has 0 bridgehead atoms. The van der Waals surface area contributed by atoms with Gasteiger partial charge < -0.3 is 9.84 Å². The van der Waals surface area contributed by atoms with Gasteiger partial charge in [0.2, 0.25) is 0 Å². The van der Waals surface area contributed by atoms with Crippen molar-refractivity contribution in [3.63, 3.8) is 0 Å². The minimum absolute atomic E-state index is 0.414. The van der Waals surface area contributed by atoms with Crippen LogP contribution in [0.3, 0.4) is 0 Å². The molecule has 2 rings (SSSR count). The van der Waals surface area contributed by atoms with Crippen LogP contribution in [-0.4, -0.2) is 11.2 Å². The summed E-state index contributed by atoms with van der Waals surface area (Å²) in [6.45, 7) is 1.76. The van der Waals surface area contributed by atoms with Crippen LogP contribution in [0.1, 0.15) is 31.4 Å². The molecule has 0 amide bonds. The highest BCUT2D eigenvalue weighted by atomic mass is 16.5. The molecule has 1 aromatic carbocycles. The molecule has 1 aliphatic rings. The smallest absolute Gasteiger partial charge is 0.120 e. The fourth-order valence-corrected chi connectivity index (χ4v) is 1.23. The van der Waals surface area contributed by atoms with Crippen molar-refractivity contribution < 1.29 is 9.84 Å². The lowest BCUT2D eigenvalue weighted by Crippen LogP contribution is -1.97. The molecule has 1 atom stereocenters. The van der Waals surface area contributed by atoms with Gasteiger partial charge in [0.1, 0.15) is 5.75 Å². The molecular weight excluding hydrogens is 164 g/mol. The largest absolute Gasteiger partial charge is 0.490 e. The Morgan fingerprint density at radius 2 is 2.23 bits per heavy atom. The average Bonchev–Trinajstić information content (AvgIpc) is 2.89. The molecule has 0 unspecified atom stereocenters. The summed E-state index contributed by atoms with van der Waals surface area (Å²) >= 11 is 0. The lowest BCUT2D eigenvalue weighted by molar-refractivity contribution is 0.198. The average molecular weight is 178 g/mol. The van der Waals surface area contributed by atoms with Crippen LogP contribution < -0.4 is 4.74 Å². The standard InChI is InChI=1S/C11H14O2/c1-8(12)9-3-2-4-11(7-9)13-10-5-6-10/h2-4,7-8,10,12H,5-6H2,1H3/t8-/m0/s1. The molecular formula is C11H14O2. The first-order valence-corrected chi connectivity index (χ1v) is 4.70. The highest BCUT2D eigenvalue weighted by Gasteiger charge is 2.23. The van der Waals surface area contributed by atoms with Crippen molar-refractivity contribution in [1.29, 1.82) is 0 Å². The maximum absolute atomic E-state index is 9.34. The number of aliphatic hydroxyl groups excluding tert-OH is 1. The van der Waals surface area contributed by atoms with E-state index in [2.05, 4.69) is 0 Å². The minimum atomic E-state index is -0.414. The summed E-state index contributed by atoms with van der Waals surface area (Å²) in [7, 11) is 0. The molecule has 2 heteroatoms. The van der Waals surface area contributed by atoms with Gasteiger partial charge in [-0.2, -0.15) is 0 Å². The van der Waals surface area contributed by atoms with Crippen molar-refractivity contribution in [3.05, 3.63) is 29.8 Å². The van der Waals surface area contributed by atoms with Crippen LogP contribution >= 0.6 is 0 Å². The second-order valence-corrected chi connectivity index (χ2v) is 3.57. The van der Waals surface area contributed by atoms with Crippen molar-refractivity contribution in [3.8, 4) is 5.75 Å². The molecule has 0 aliphatic heterocycles. The highest BCUT2D eigenvalue weighted by Crippen LogP contribution is 2.28. The van der Waals surface area contributed by atoms with Gasteiger partial charge in [0.15, 0.2) is 0 Å². The van der Waals surface area contributed by atoms with E-state index >= 15 is 0 Å². The van der Waals surface area contributed by atoms with E-state index in [1.165, 1.54) is 12.8 Å². The lowest BCUT2D eigenvalue weighted by Gasteiger charge is -2.08. The molecule has 0 heterocycles. The molecule has 1 aliphatic carbocycles. The SMILES string of the molecule is C[C@H](O)c1cccc(OC2CC2)c1. The van der Waals surface area contributed by atoms with Crippen LogP contribution in [0.5, 0.6) is 5.75 Å². The molecule has 0 saturated heterocycles. The summed E-state index contributed by atoms with van der Waals surface area (Å²) in [5.74, 6) is 0.876. The number of hydrogen-bond donors (Lipinski definition) is 1. The second kappa shape index (κ2) is 3.38. The Morgan fingerprint density at radius 1 is 1.46 bits per heavy atom. The van der Waals surface area contributed by atoms with Crippen molar-refractivity contribution in [1.82, 2.24) is 0 Å². The van der Waals surface area contributed by atoms with E-state index < -0.39 is 6.10 Å². The molecule has 1 fully saturated rings. The summed E-state index contributed by atoms with van der Waals surface area (Å²) in [5.41, 5.74) is 0.915. The Kier molecular flexibility index (Phi) is 2.23. The topological polar surface area (TPSA) is 29.5 Å². The zero-order valence-corrected chi connectivity index (χ0v) is 7.73. The van der Waals surface area contributed by atoms with Gasteiger partial charge in [0.05, 0.1) is 12.2 Å². The fraction of sp³-hybridized carbons (Fsp3) is 0.455. The molecule has 13 heavy (non-hydrogen) atoms. The van der Waals surface area contributed by atoms with Gasteiger partial charge in [0, 0.05) is 0 Å².